The van der Waals surface area contributed by atoms with Crippen molar-refractivity contribution in [3.8, 4) is 5.75 Å². The summed E-state index contributed by atoms with van der Waals surface area (Å²) in [4.78, 5) is -0.905. The number of hydrogen-bond acceptors (Lipinski definition) is 3. The molecule has 0 fully saturated rings. The Labute approximate surface area is 139 Å². The monoisotopic (exact) mass is 358 g/mol. The van der Waals surface area contributed by atoms with Gasteiger partial charge < -0.3 is 4.18 Å². The molecule has 0 N–H and O–H groups in total. The molecule has 0 spiro atoms. The second-order valence-corrected chi connectivity index (χ2v) is 7.82. The van der Waals surface area contributed by atoms with Crippen LogP contribution in [0.5, 0.6) is 5.75 Å². The van der Waals surface area contributed by atoms with Crippen LogP contribution >= 0.6 is 0 Å². The highest BCUT2D eigenvalue weighted by atomic mass is 32.2. The summed E-state index contributed by atoms with van der Waals surface area (Å²) in [7, 11) is -4.60. The minimum Gasteiger partial charge on any atom is -0.379 e. The highest BCUT2D eigenvalue weighted by Gasteiger charge is 2.37. The fraction of sp³-hybridized carbons (Fsp3) is 0.294. The molecule has 0 bridgehead atoms. The molecule has 7 heteroatoms. The summed E-state index contributed by atoms with van der Waals surface area (Å²) in [5.41, 5.74) is -0.445. The summed E-state index contributed by atoms with van der Waals surface area (Å²) in [5, 5.41) is 0. The quantitative estimate of drug-likeness (QED) is 0.742. The first kappa shape index (κ1) is 18.3. The van der Waals surface area contributed by atoms with E-state index in [1.165, 1.54) is 18.2 Å². The standard InChI is InChI=1S/C17H17F3O3S/c1-16(2,3)12-8-10-13(11-9-12)23-24(21,22)15-7-5-4-6-14(15)17(18,19)20/h4-11H,1-3H3. The van der Waals surface area contributed by atoms with Gasteiger partial charge in [0.2, 0.25) is 0 Å². The molecule has 0 aliphatic heterocycles. The minimum absolute atomic E-state index is 0.0417. The van der Waals surface area contributed by atoms with Gasteiger partial charge in [-0.2, -0.15) is 21.6 Å². The van der Waals surface area contributed by atoms with E-state index >= 15 is 0 Å². The van der Waals surface area contributed by atoms with Crippen LogP contribution in [-0.4, -0.2) is 8.42 Å². The van der Waals surface area contributed by atoms with E-state index < -0.39 is 26.8 Å². The van der Waals surface area contributed by atoms with Gasteiger partial charge in [-0.3, -0.25) is 0 Å². The van der Waals surface area contributed by atoms with Gasteiger partial charge in [-0.05, 0) is 35.2 Å². The molecule has 0 saturated carbocycles. The Hall–Kier alpha value is -2.02. The molecular weight excluding hydrogens is 341 g/mol. The first-order chi connectivity index (χ1) is 10.9. The summed E-state index contributed by atoms with van der Waals surface area (Å²) >= 11 is 0. The third kappa shape index (κ3) is 4.08. The van der Waals surface area contributed by atoms with Gasteiger partial charge in [0.15, 0.2) is 0 Å². The van der Waals surface area contributed by atoms with Crippen LogP contribution in [0.15, 0.2) is 53.4 Å². The van der Waals surface area contributed by atoms with Crippen molar-refractivity contribution in [2.24, 2.45) is 0 Å². The first-order valence-electron chi connectivity index (χ1n) is 7.12. The highest BCUT2D eigenvalue weighted by Crippen LogP contribution is 2.35. The lowest BCUT2D eigenvalue weighted by Crippen LogP contribution is -2.17. The van der Waals surface area contributed by atoms with Crippen LogP contribution in [0.4, 0.5) is 13.2 Å². The summed E-state index contributed by atoms with van der Waals surface area (Å²) in [5.74, 6) is -0.0417. The highest BCUT2D eigenvalue weighted by molar-refractivity contribution is 7.87. The molecule has 0 unspecified atom stereocenters. The van der Waals surface area contributed by atoms with Crippen molar-refractivity contribution in [2.75, 3.05) is 0 Å². The predicted molar refractivity (Wildman–Crippen MR) is 84.4 cm³/mol. The third-order valence-electron chi connectivity index (χ3n) is 3.39. The van der Waals surface area contributed by atoms with Gasteiger partial charge in [0, 0.05) is 0 Å². The van der Waals surface area contributed by atoms with E-state index in [1.807, 2.05) is 20.8 Å². The van der Waals surface area contributed by atoms with Gasteiger partial charge in [0.25, 0.3) is 0 Å². The van der Waals surface area contributed by atoms with Gasteiger partial charge >= 0.3 is 16.3 Å². The second kappa shape index (κ2) is 6.12. The average Bonchev–Trinajstić information content (AvgIpc) is 2.45. The molecule has 130 valence electrons. The molecule has 0 radical (unpaired) electrons. The van der Waals surface area contributed by atoms with Gasteiger partial charge in [0.1, 0.15) is 10.6 Å². The molecule has 0 aromatic heterocycles. The van der Waals surface area contributed by atoms with Crippen molar-refractivity contribution in [3.05, 3.63) is 59.7 Å². The number of rotatable bonds is 3. The molecule has 0 heterocycles. The van der Waals surface area contributed by atoms with E-state index in [9.17, 15) is 21.6 Å². The maximum Gasteiger partial charge on any atom is 0.417 e. The van der Waals surface area contributed by atoms with Crippen molar-refractivity contribution in [2.45, 2.75) is 37.3 Å². The minimum atomic E-state index is -4.79. The molecule has 0 amide bonds. The summed E-state index contributed by atoms with van der Waals surface area (Å²) in [6.45, 7) is 5.96. The van der Waals surface area contributed by atoms with E-state index in [0.717, 1.165) is 17.7 Å². The molecule has 3 nitrogen and oxygen atoms in total. The van der Waals surface area contributed by atoms with Gasteiger partial charge in [-0.1, -0.05) is 45.0 Å². The van der Waals surface area contributed by atoms with Crippen molar-refractivity contribution in [1.82, 2.24) is 0 Å². The van der Waals surface area contributed by atoms with E-state index in [4.69, 9.17) is 4.18 Å². The topological polar surface area (TPSA) is 43.4 Å². The van der Waals surface area contributed by atoms with E-state index in [-0.39, 0.29) is 11.2 Å². The SMILES string of the molecule is CC(C)(C)c1ccc(OS(=O)(=O)c2ccccc2C(F)(F)F)cc1. The Kier molecular flexibility index (Phi) is 4.68. The Bertz CT molecular complexity index is 817. The molecule has 0 aliphatic rings. The van der Waals surface area contributed by atoms with Crippen molar-refractivity contribution in [1.29, 1.82) is 0 Å². The zero-order chi connectivity index (χ0) is 18.2. The van der Waals surface area contributed by atoms with Crippen LogP contribution in [0.25, 0.3) is 0 Å². The molecule has 0 atom stereocenters. The van der Waals surface area contributed by atoms with E-state index in [1.54, 1.807) is 12.1 Å². The molecule has 0 aliphatic carbocycles. The Morgan fingerprint density at radius 2 is 1.42 bits per heavy atom. The van der Waals surface area contributed by atoms with Gasteiger partial charge in [0.05, 0.1) is 5.56 Å². The zero-order valence-electron chi connectivity index (χ0n) is 13.4. The zero-order valence-corrected chi connectivity index (χ0v) is 14.2. The Balaban J connectivity index is 2.37. The molecule has 2 aromatic rings. The molecule has 2 rings (SSSR count). The summed E-state index contributed by atoms with van der Waals surface area (Å²) < 4.78 is 68.3. The lowest BCUT2D eigenvalue weighted by atomic mass is 9.87. The number of halogens is 3. The van der Waals surface area contributed by atoms with Gasteiger partial charge in [-0.15, -0.1) is 0 Å². The largest absolute Gasteiger partial charge is 0.417 e. The fourth-order valence-corrected chi connectivity index (χ4v) is 3.25. The molecule has 2 aromatic carbocycles. The number of alkyl halides is 3. The van der Waals surface area contributed by atoms with E-state index in [2.05, 4.69) is 0 Å². The molecule has 0 saturated heterocycles. The maximum absolute atomic E-state index is 13.0. The van der Waals surface area contributed by atoms with Crippen LogP contribution in [0.2, 0.25) is 0 Å². The van der Waals surface area contributed by atoms with Crippen LogP contribution in [-0.2, 0) is 21.7 Å². The molecule has 24 heavy (non-hydrogen) atoms. The Morgan fingerprint density at radius 3 is 1.92 bits per heavy atom. The lowest BCUT2D eigenvalue weighted by Gasteiger charge is -2.19. The lowest BCUT2D eigenvalue weighted by molar-refractivity contribution is -0.139. The average molecular weight is 358 g/mol. The maximum atomic E-state index is 13.0. The van der Waals surface area contributed by atoms with Crippen LogP contribution in [0, 0.1) is 0 Å². The Morgan fingerprint density at radius 1 is 0.875 bits per heavy atom. The number of hydrogen-bond donors (Lipinski definition) is 0. The smallest absolute Gasteiger partial charge is 0.379 e. The second-order valence-electron chi connectivity index (χ2n) is 6.31. The van der Waals surface area contributed by atoms with Crippen molar-refractivity contribution in [3.63, 3.8) is 0 Å². The van der Waals surface area contributed by atoms with Crippen LogP contribution in [0.3, 0.4) is 0 Å². The van der Waals surface area contributed by atoms with Crippen LogP contribution in [0.1, 0.15) is 31.9 Å². The predicted octanol–water partition coefficient (Wildman–Crippen LogP) is 4.77. The normalized spacial score (nSPS) is 12.9. The number of benzene rings is 2. The molecular formula is C17H17F3O3S. The van der Waals surface area contributed by atoms with E-state index in [0.29, 0.717) is 6.07 Å². The van der Waals surface area contributed by atoms with Gasteiger partial charge in [-0.25, -0.2) is 0 Å². The fourth-order valence-electron chi connectivity index (χ4n) is 2.10. The van der Waals surface area contributed by atoms with Crippen molar-refractivity contribution < 1.29 is 25.8 Å². The third-order valence-corrected chi connectivity index (χ3v) is 4.69. The summed E-state index contributed by atoms with van der Waals surface area (Å²) in [6, 6.07) is 10.1. The summed E-state index contributed by atoms with van der Waals surface area (Å²) in [6.07, 6.45) is -4.79. The first-order valence-corrected chi connectivity index (χ1v) is 8.53. The van der Waals surface area contributed by atoms with Crippen molar-refractivity contribution >= 4 is 10.1 Å². The van der Waals surface area contributed by atoms with Crippen LogP contribution < -0.4 is 4.18 Å².